The lowest BCUT2D eigenvalue weighted by Gasteiger charge is -2.41. The number of nitrogens with zero attached hydrogens (tertiary/aromatic N) is 3. The molecule has 2 aromatic rings. The summed E-state index contributed by atoms with van der Waals surface area (Å²) in [7, 11) is -2.55. The number of methoxy groups -OCH3 is 1. The van der Waals surface area contributed by atoms with Crippen molar-refractivity contribution in [3.8, 4) is 0 Å². The van der Waals surface area contributed by atoms with Crippen LogP contribution >= 0.6 is 0 Å². The second kappa shape index (κ2) is 11.7. The summed E-state index contributed by atoms with van der Waals surface area (Å²) in [6.07, 6.45) is 2.91. The van der Waals surface area contributed by atoms with Gasteiger partial charge >= 0.3 is 5.97 Å². The molecular formula is C26H36N4O5S. The monoisotopic (exact) mass is 516 g/mol. The van der Waals surface area contributed by atoms with E-state index >= 15 is 0 Å². The fourth-order valence-electron chi connectivity index (χ4n) is 5.28. The first-order valence-corrected chi connectivity index (χ1v) is 14.0. The van der Waals surface area contributed by atoms with Crippen molar-refractivity contribution in [1.29, 1.82) is 0 Å². The summed E-state index contributed by atoms with van der Waals surface area (Å²) in [6, 6.07) is 14.6. The molecule has 2 heterocycles. The molecule has 2 aliphatic heterocycles. The van der Waals surface area contributed by atoms with Crippen molar-refractivity contribution >= 4 is 32.9 Å². The quantitative estimate of drug-likeness (QED) is 0.514. The predicted molar refractivity (Wildman–Crippen MR) is 138 cm³/mol. The highest BCUT2D eigenvalue weighted by atomic mass is 32.2. The van der Waals surface area contributed by atoms with Gasteiger partial charge in [0, 0.05) is 38.3 Å². The smallest absolute Gasteiger partial charge is 0.325 e. The van der Waals surface area contributed by atoms with Gasteiger partial charge in [-0.1, -0.05) is 42.5 Å². The summed E-state index contributed by atoms with van der Waals surface area (Å²) in [5.74, 6) is -1.08. The second-order valence-electron chi connectivity index (χ2n) is 9.52. The first kappa shape index (κ1) is 26.5. The summed E-state index contributed by atoms with van der Waals surface area (Å²) in [5.41, 5.74) is 1.26. The number of likely N-dealkylation sites (tertiary alicyclic amines) is 1. The van der Waals surface area contributed by atoms with E-state index in [-0.39, 0.29) is 25.2 Å². The zero-order valence-corrected chi connectivity index (χ0v) is 21.9. The summed E-state index contributed by atoms with van der Waals surface area (Å²) in [5, 5.41) is 4.92. The molecule has 36 heavy (non-hydrogen) atoms. The Hall–Kier alpha value is -2.53. The van der Waals surface area contributed by atoms with E-state index in [1.165, 1.54) is 32.1 Å². The van der Waals surface area contributed by atoms with Crippen molar-refractivity contribution in [3.63, 3.8) is 0 Å². The predicted octanol–water partition coefficient (Wildman–Crippen LogP) is 2.30. The number of rotatable bonds is 9. The second-order valence-corrected chi connectivity index (χ2v) is 11.4. The molecule has 196 valence electrons. The molecule has 0 saturated carbocycles. The molecule has 1 N–H and O–H groups in total. The highest BCUT2D eigenvalue weighted by Crippen LogP contribution is 2.32. The van der Waals surface area contributed by atoms with Crippen LogP contribution in [0.4, 0.5) is 0 Å². The van der Waals surface area contributed by atoms with Crippen molar-refractivity contribution in [2.45, 2.75) is 44.7 Å². The molecule has 0 aromatic heterocycles. The molecule has 2 saturated heterocycles. The highest BCUT2D eigenvalue weighted by molar-refractivity contribution is 7.86. The van der Waals surface area contributed by atoms with Gasteiger partial charge < -0.3 is 10.1 Å². The molecule has 2 aromatic carbocycles. The summed E-state index contributed by atoms with van der Waals surface area (Å²) in [6.45, 7) is 4.00. The van der Waals surface area contributed by atoms with Gasteiger partial charge in [0.2, 0.25) is 5.91 Å². The zero-order chi connectivity index (χ0) is 25.7. The van der Waals surface area contributed by atoms with Crippen LogP contribution in [0.15, 0.2) is 42.5 Å². The summed E-state index contributed by atoms with van der Waals surface area (Å²) in [4.78, 5) is 26.4. The lowest BCUT2D eigenvalue weighted by molar-refractivity contribution is -0.141. The fourth-order valence-corrected chi connectivity index (χ4v) is 7.16. The molecule has 1 amide bonds. The van der Waals surface area contributed by atoms with E-state index < -0.39 is 22.1 Å². The van der Waals surface area contributed by atoms with Gasteiger partial charge in [0.1, 0.15) is 6.54 Å². The van der Waals surface area contributed by atoms with E-state index in [9.17, 15) is 18.0 Å². The third-order valence-corrected chi connectivity index (χ3v) is 9.41. The molecule has 2 fully saturated rings. The van der Waals surface area contributed by atoms with Crippen molar-refractivity contribution < 1.29 is 22.7 Å². The van der Waals surface area contributed by atoms with Crippen LogP contribution in [0.2, 0.25) is 0 Å². The summed E-state index contributed by atoms with van der Waals surface area (Å²) < 4.78 is 34.4. The molecule has 4 rings (SSSR count). The van der Waals surface area contributed by atoms with E-state index in [1.807, 2.05) is 6.07 Å². The Balaban J connectivity index is 1.47. The van der Waals surface area contributed by atoms with Crippen LogP contribution < -0.4 is 5.32 Å². The van der Waals surface area contributed by atoms with Gasteiger partial charge in [-0.15, -0.1) is 0 Å². The Morgan fingerprint density at radius 1 is 1.06 bits per heavy atom. The molecule has 9 nitrogen and oxygen atoms in total. The van der Waals surface area contributed by atoms with Crippen LogP contribution in [0, 0.1) is 0 Å². The number of hydrogen-bond donors (Lipinski definition) is 1. The molecule has 0 spiro atoms. The Morgan fingerprint density at radius 2 is 1.72 bits per heavy atom. The Labute approximate surface area is 213 Å². The molecule has 0 radical (unpaired) electrons. The number of benzene rings is 2. The van der Waals surface area contributed by atoms with Gasteiger partial charge in [-0.05, 0) is 48.9 Å². The molecule has 10 heteroatoms. The van der Waals surface area contributed by atoms with E-state index in [2.05, 4.69) is 58.3 Å². The average molecular weight is 517 g/mol. The number of carbonyl (C=O) groups is 2. The average Bonchev–Trinajstić information content (AvgIpc) is 3.46. The first-order valence-electron chi connectivity index (χ1n) is 12.6. The van der Waals surface area contributed by atoms with E-state index in [0.717, 1.165) is 25.9 Å². The third kappa shape index (κ3) is 5.88. The number of fused-ring (bicyclic) bond motifs is 1. The molecule has 0 aliphatic carbocycles. The number of hydrogen-bond acceptors (Lipinski definition) is 6. The molecular weight excluding hydrogens is 480 g/mol. The van der Waals surface area contributed by atoms with Crippen molar-refractivity contribution in [3.05, 3.63) is 48.0 Å². The van der Waals surface area contributed by atoms with Gasteiger partial charge in [0.05, 0.1) is 13.7 Å². The lowest BCUT2D eigenvalue weighted by Crippen LogP contribution is -2.54. The Bertz CT molecular complexity index is 1170. The largest absolute Gasteiger partial charge is 0.468 e. The van der Waals surface area contributed by atoms with Crippen molar-refractivity contribution in [1.82, 2.24) is 18.8 Å². The van der Waals surface area contributed by atoms with E-state index in [1.54, 1.807) is 0 Å². The fraction of sp³-hybridized carbons (Fsp3) is 0.538. The van der Waals surface area contributed by atoms with Gasteiger partial charge in [0.25, 0.3) is 10.2 Å². The van der Waals surface area contributed by atoms with Crippen molar-refractivity contribution in [2.24, 2.45) is 0 Å². The number of ether oxygens (including phenoxy) is 1. The number of amides is 1. The topological polar surface area (TPSA) is 99.3 Å². The maximum atomic E-state index is 13.5. The molecule has 0 bridgehead atoms. The highest BCUT2D eigenvalue weighted by Gasteiger charge is 2.39. The van der Waals surface area contributed by atoms with Gasteiger partial charge in [0.15, 0.2) is 0 Å². The Morgan fingerprint density at radius 3 is 2.42 bits per heavy atom. The minimum absolute atomic E-state index is 0.184. The van der Waals surface area contributed by atoms with Crippen LogP contribution in [-0.4, -0.2) is 86.2 Å². The van der Waals surface area contributed by atoms with E-state index in [4.69, 9.17) is 0 Å². The maximum absolute atomic E-state index is 13.5. The SMILES string of the molecule is COC(=O)CNC(=O)CN(C1CCN([C@H](C)c2cccc3ccccc23)CC1)S(=O)(=O)N1CCCC1. The molecule has 1 atom stereocenters. The van der Waals surface area contributed by atoms with Gasteiger partial charge in [-0.2, -0.15) is 17.0 Å². The van der Waals surface area contributed by atoms with Crippen LogP contribution in [0.3, 0.4) is 0 Å². The number of esters is 1. The van der Waals surface area contributed by atoms with Crippen LogP contribution in [0.5, 0.6) is 0 Å². The van der Waals surface area contributed by atoms with E-state index in [0.29, 0.717) is 25.9 Å². The number of piperidine rings is 1. The normalized spacial score (nSPS) is 19.0. The van der Waals surface area contributed by atoms with Crippen LogP contribution in [-0.2, 0) is 24.5 Å². The first-order chi connectivity index (χ1) is 17.3. The van der Waals surface area contributed by atoms with Crippen LogP contribution in [0.25, 0.3) is 10.8 Å². The molecule has 2 aliphatic rings. The zero-order valence-electron chi connectivity index (χ0n) is 21.1. The minimum Gasteiger partial charge on any atom is -0.468 e. The van der Waals surface area contributed by atoms with Gasteiger partial charge in [-0.25, -0.2) is 0 Å². The van der Waals surface area contributed by atoms with Crippen LogP contribution in [0.1, 0.15) is 44.2 Å². The van der Waals surface area contributed by atoms with Gasteiger partial charge in [-0.3, -0.25) is 14.5 Å². The standard InChI is InChI=1S/C26H36N4O5S/c1-20(23-11-7-9-21-8-3-4-10-24(21)23)28-16-12-22(13-17-28)30(19-25(31)27-18-26(32)35-2)36(33,34)29-14-5-6-15-29/h3-4,7-11,20,22H,5-6,12-19H2,1-2H3,(H,27,31)/t20-/m1/s1. The number of carbonyl (C=O) groups excluding carboxylic acids is 2. The maximum Gasteiger partial charge on any atom is 0.325 e. The Kier molecular flexibility index (Phi) is 8.61. The number of nitrogens with one attached hydrogen (secondary N) is 1. The lowest BCUT2D eigenvalue weighted by atomic mass is 9.96. The van der Waals surface area contributed by atoms with Crippen molar-refractivity contribution in [2.75, 3.05) is 46.4 Å². The molecule has 0 unspecified atom stereocenters. The summed E-state index contributed by atoms with van der Waals surface area (Å²) >= 11 is 0. The third-order valence-electron chi connectivity index (χ3n) is 7.37. The minimum atomic E-state index is -3.79.